The molecule has 24 heavy (non-hydrogen) atoms. The van der Waals surface area contributed by atoms with E-state index in [4.69, 9.17) is 0 Å². The van der Waals surface area contributed by atoms with Crippen molar-refractivity contribution in [2.24, 2.45) is 0 Å². The number of aromatic nitrogens is 2. The SMILES string of the molecule is Cc1ccc(C(=O)Nc2ccnn2Cc2ccc(Br)cc2)cc1F. The normalized spacial score (nSPS) is 10.6. The van der Waals surface area contributed by atoms with Crippen molar-refractivity contribution in [2.75, 3.05) is 5.32 Å². The predicted octanol–water partition coefficient (Wildman–Crippen LogP) is 4.39. The third-order valence-electron chi connectivity index (χ3n) is 3.64. The highest BCUT2D eigenvalue weighted by Crippen LogP contribution is 2.15. The minimum absolute atomic E-state index is 0.273. The number of amides is 1. The first-order chi connectivity index (χ1) is 11.5. The molecule has 6 heteroatoms. The number of anilines is 1. The summed E-state index contributed by atoms with van der Waals surface area (Å²) in [6.45, 7) is 2.18. The molecule has 1 N–H and O–H groups in total. The third kappa shape index (κ3) is 3.71. The molecule has 0 aliphatic heterocycles. The highest BCUT2D eigenvalue weighted by Gasteiger charge is 2.11. The maximum Gasteiger partial charge on any atom is 0.256 e. The van der Waals surface area contributed by atoms with Crippen LogP contribution in [0.2, 0.25) is 0 Å². The number of benzene rings is 2. The molecule has 0 aliphatic rings. The van der Waals surface area contributed by atoms with Crippen molar-refractivity contribution in [1.29, 1.82) is 0 Å². The molecule has 0 spiro atoms. The molecule has 0 bridgehead atoms. The quantitative estimate of drug-likeness (QED) is 0.721. The van der Waals surface area contributed by atoms with Crippen LogP contribution in [0.4, 0.5) is 10.2 Å². The van der Waals surface area contributed by atoms with Crippen molar-refractivity contribution in [1.82, 2.24) is 9.78 Å². The maximum absolute atomic E-state index is 13.6. The van der Waals surface area contributed by atoms with Crippen molar-refractivity contribution < 1.29 is 9.18 Å². The Balaban J connectivity index is 1.76. The number of carbonyl (C=O) groups is 1. The zero-order chi connectivity index (χ0) is 17.1. The lowest BCUT2D eigenvalue weighted by atomic mass is 10.1. The highest BCUT2D eigenvalue weighted by molar-refractivity contribution is 9.10. The first-order valence-electron chi connectivity index (χ1n) is 7.37. The topological polar surface area (TPSA) is 46.9 Å². The molecule has 0 radical (unpaired) electrons. The largest absolute Gasteiger partial charge is 0.307 e. The lowest BCUT2D eigenvalue weighted by Gasteiger charge is -2.10. The summed E-state index contributed by atoms with van der Waals surface area (Å²) in [4.78, 5) is 12.3. The van der Waals surface area contributed by atoms with Gasteiger partial charge in [-0.25, -0.2) is 9.07 Å². The van der Waals surface area contributed by atoms with Crippen LogP contribution in [-0.2, 0) is 6.54 Å². The van der Waals surface area contributed by atoms with Gasteiger partial charge in [0.05, 0.1) is 12.7 Å². The van der Waals surface area contributed by atoms with Gasteiger partial charge in [-0.2, -0.15) is 5.10 Å². The van der Waals surface area contributed by atoms with E-state index in [0.717, 1.165) is 10.0 Å². The molecule has 1 heterocycles. The smallest absolute Gasteiger partial charge is 0.256 e. The van der Waals surface area contributed by atoms with Crippen molar-refractivity contribution in [2.45, 2.75) is 13.5 Å². The molecule has 3 aromatic rings. The predicted molar refractivity (Wildman–Crippen MR) is 94.6 cm³/mol. The van der Waals surface area contributed by atoms with Gasteiger partial charge in [-0.05, 0) is 42.3 Å². The van der Waals surface area contributed by atoms with Crippen LogP contribution in [0.25, 0.3) is 0 Å². The van der Waals surface area contributed by atoms with Crippen LogP contribution in [0.15, 0.2) is 59.2 Å². The summed E-state index contributed by atoms with van der Waals surface area (Å²) < 4.78 is 16.3. The Morgan fingerprint density at radius 1 is 1.21 bits per heavy atom. The van der Waals surface area contributed by atoms with E-state index >= 15 is 0 Å². The van der Waals surface area contributed by atoms with E-state index in [9.17, 15) is 9.18 Å². The zero-order valence-electron chi connectivity index (χ0n) is 13.0. The monoisotopic (exact) mass is 387 g/mol. The van der Waals surface area contributed by atoms with E-state index in [-0.39, 0.29) is 11.5 Å². The van der Waals surface area contributed by atoms with Gasteiger partial charge >= 0.3 is 0 Å². The Hall–Kier alpha value is -2.47. The zero-order valence-corrected chi connectivity index (χ0v) is 14.5. The van der Waals surface area contributed by atoms with E-state index in [1.54, 1.807) is 36.0 Å². The Kier molecular flexibility index (Phi) is 4.76. The number of rotatable bonds is 4. The fourth-order valence-electron chi connectivity index (χ4n) is 2.25. The van der Waals surface area contributed by atoms with Crippen LogP contribution in [0, 0.1) is 12.7 Å². The van der Waals surface area contributed by atoms with E-state index in [1.807, 2.05) is 24.3 Å². The highest BCUT2D eigenvalue weighted by atomic mass is 79.9. The maximum atomic E-state index is 13.6. The molecule has 0 atom stereocenters. The van der Waals surface area contributed by atoms with Gasteiger partial charge in [0.25, 0.3) is 5.91 Å². The van der Waals surface area contributed by atoms with Gasteiger partial charge in [0, 0.05) is 16.1 Å². The average Bonchev–Trinajstić information content (AvgIpc) is 2.99. The number of halogens is 2. The first-order valence-corrected chi connectivity index (χ1v) is 8.16. The van der Waals surface area contributed by atoms with Crippen molar-refractivity contribution >= 4 is 27.7 Å². The summed E-state index contributed by atoms with van der Waals surface area (Å²) in [5, 5.41) is 7.00. The van der Waals surface area contributed by atoms with Crippen molar-refractivity contribution in [3.8, 4) is 0 Å². The van der Waals surface area contributed by atoms with E-state index < -0.39 is 5.82 Å². The Morgan fingerprint density at radius 3 is 2.67 bits per heavy atom. The van der Waals surface area contributed by atoms with Gasteiger partial charge < -0.3 is 5.32 Å². The first kappa shape index (κ1) is 16.4. The van der Waals surface area contributed by atoms with Crippen LogP contribution < -0.4 is 5.32 Å². The number of carbonyl (C=O) groups excluding carboxylic acids is 1. The van der Waals surface area contributed by atoms with Crippen molar-refractivity contribution in [3.63, 3.8) is 0 Å². The second-order valence-electron chi connectivity index (χ2n) is 5.42. The van der Waals surface area contributed by atoms with Gasteiger partial charge in [-0.1, -0.05) is 34.1 Å². The fraction of sp³-hybridized carbons (Fsp3) is 0.111. The molecule has 122 valence electrons. The van der Waals surface area contributed by atoms with E-state index in [2.05, 4.69) is 26.3 Å². The number of hydrogen-bond donors (Lipinski definition) is 1. The minimum atomic E-state index is -0.397. The van der Waals surface area contributed by atoms with Crippen LogP contribution in [0.1, 0.15) is 21.5 Å². The number of nitrogens with one attached hydrogen (secondary N) is 1. The third-order valence-corrected chi connectivity index (χ3v) is 4.17. The molecule has 1 amide bonds. The second-order valence-corrected chi connectivity index (χ2v) is 6.33. The molecule has 0 aliphatic carbocycles. The van der Waals surface area contributed by atoms with Crippen LogP contribution >= 0.6 is 15.9 Å². The summed E-state index contributed by atoms with van der Waals surface area (Å²) in [6.07, 6.45) is 1.62. The fourth-order valence-corrected chi connectivity index (χ4v) is 2.51. The summed E-state index contributed by atoms with van der Waals surface area (Å²) >= 11 is 3.40. The summed E-state index contributed by atoms with van der Waals surface area (Å²) in [5.74, 6) is -0.207. The molecule has 0 unspecified atom stereocenters. The molecule has 0 fully saturated rings. The molecule has 2 aromatic carbocycles. The number of aryl methyl sites for hydroxylation is 1. The summed E-state index contributed by atoms with van der Waals surface area (Å²) in [7, 11) is 0. The van der Waals surface area contributed by atoms with Gasteiger partial charge in [0.2, 0.25) is 0 Å². The van der Waals surface area contributed by atoms with Gasteiger partial charge in [-0.3, -0.25) is 4.79 Å². The van der Waals surface area contributed by atoms with E-state index in [1.165, 1.54) is 6.07 Å². The van der Waals surface area contributed by atoms with Crippen molar-refractivity contribution in [3.05, 3.63) is 81.7 Å². The second kappa shape index (κ2) is 6.97. The summed E-state index contributed by atoms with van der Waals surface area (Å²) in [6, 6.07) is 14.0. The standard InChI is InChI=1S/C18H15BrFN3O/c1-12-2-5-14(10-16(12)20)18(24)22-17-8-9-21-23(17)11-13-3-6-15(19)7-4-13/h2-10H,11H2,1H3,(H,22,24). The van der Waals surface area contributed by atoms with Gasteiger partial charge in [-0.15, -0.1) is 0 Å². The molecule has 0 saturated heterocycles. The molecule has 4 nitrogen and oxygen atoms in total. The minimum Gasteiger partial charge on any atom is -0.307 e. The lowest BCUT2D eigenvalue weighted by molar-refractivity contribution is 0.102. The Bertz CT molecular complexity index is 874. The molecular weight excluding hydrogens is 373 g/mol. The number of hydrogen-bond acceptors (Lipinski definition) is 2. The molecule has 0 saturated carbocycles. The van der Waals surface area contributed by atoms with Crippen LogP contribution in [0.3, 0.4) is 0 Å². The Labute approximate surface area is 147 Å². The van der Waals surface area contributed by atoms with Gasteiger partial charge in [0.15, 0.2) is 0 Å². The summed E-state index contributed by atoms with van der Waals surface area (Å²) in [5.41, 5.74) is 1.83. The molecule has 3 rings (SSSR count). The lowest BCUT2D eigenvalue weighted by Crippen LogP contribution is -2.16. The Morgan fingerprint density at radius 2 is 1.96 bits per heavy atom. The molecular formula is C18H15BrFN3O. The average molecular weight is 388 g/mol. The van der Waals surface area contributed by atoms with Crippen LogP contribution in [0.5, 0.6) is 0 Å². The van der Waals surface area contributed by atoms with Gasteiger partial charge in [0.1, 0.15) is 11.6 Å². The van der Waals surface area contributed by atoms with E-state index in [0.29, 0.717) is 17.9 Å². The number of nitrogens with zero attached hydrogens (tertiary/aromatic N) is 2. The van der Waals surface area contributed by atoms with Crippen LogP contribution in [-0.4, -0.2) is 15.7 Å². The molecule has 1 aromatic heterocycles.